The molecule has 3 heterocycles. The van der Waals surface area contributed by atoms with Crippen molar-refractivity contribution >= 4 is 44.9 Å². The molecule has 0 saturated heterocycles. The number of amides is 1. The third-order valence-corrected chi connectivity index (χ3v) is 6.06. The number of aryl methyl sites for hydroxylation is 1. The van der Waals surface area contributed by atoms with Crippen LogP contribution in [0.1, 0.15) is 10.6 Å². The Morgan fingerprint density at radius 1 is 1.31 bits per heavy atom. The molecule has 0 atom stereocenters. The summed E-state index contributed by atoms with van der Waals surface area (Å²) in [5.74, 6) is 0.349. The Bertz CT molecular complexity index is 1230. The minimum Gasteiger partial charge on any atom is -0.506 e. The van der Waals surface area contributed by atoms with Gasteiger partial charge >= 0.3 is 0 Å². The molecular formula is C20H17N3O4S2. The van der Waals surface area contributed by atoms with Crippen LogP contribution in [-0.4, -0.2) is 26.3 Å². The van der Waals surface area contributed by atoms with Crippen LogP contribution in [0.25, 0.3) is 10.2 Å². The zero-order valence-corrected chi connectivity index (χ0v) is 17.0. The second-order valence-electron chi connectivity index (χ2n) is 6.29. The Balaban J connectivity index is 1.60. The van der Waals surface area contributed by atoms with E-state index in [1.807, 2.05) is 13.0 Å². The number of thioether (sulfide) groups is 1. The molecule has 1 amide bonds. The molecule has 0 radical (unpaired) electrons. The summed E-state index contributed by atoms with van der Waals surface area (Å²) in [6, 6.07) is 11.9. The summed E-state index contributed by atoms with van der Waals surface area (Å²) in [6.45, 7) is 2.16. The van der Waals surface area contributed by atoms with Crippen molar-refractivity contribution in [3.63, 3.8) is 0 Å². The lowest BCUT2D eigenvalue weighted by atomic mass is 10.3. The number of phenolic OH excluding ortho intramolecular Hbond substituents is 1. The Hall–Kier alpha value is -3.04. The number of carbonyl (C=O) groups excluding carboxylic acids is 1. The fourth-order valence-corrected chi connectivity index (χ4v) is 4.54. The number of phenols is 1. The van der Waals surface area contributed by atoms with E-state index in [0.717, 1.165) is 16.6 Å². The fraction of sp³-hybridized carbons (Fsp3) is 0.150. The van der Waals surface area contributed by atoms with E-state index < -0.39 is 0 Å². The Morgan fingerprint density at radius 2 is 2.14 bits per heavy atom. The standard InChI is InChI=1S/C20H17N3O4S2/c1-12-9-14-18(29-12)22-20(23(19(14)26)10-13-5-4-8-27-13)28-11-17(25)21-15-6-2-3-7-16(15)24/h2-9,24H,10-11H2,1H3,(H,21,25). The summed E-state index contributed by atoms with van der Waals surface area (Å²) in [5, 5.41) is 13.5. The van der Waals surface area contributed by atoms with Crippen molar-refractivity contribution in [2.24, 2.45) is 0 Å². The minimum atomic E-state index is -0.308. The number of fused-ring (bicyclic) bond motifs is 1. The number of benzene rings is 1. The van der Waals surface area contributed by atoms with Crippen molar-refractivity contribution < 1.29 is 14.3 Å². The molecule has 0 saturated carbocycles. The van der Waals surface area contributed by atoms with Crippen LogP contribution in [-0.2, 0) is 11.3 Å². The van der Waals surface area contributed by atoms with E-state index in [9.17, 15) is 14.7 Å². The number of carbonyl (C=O) groups is 1. The maximum absolute atomic E-state index is 13.0. The van der Waals surface area contributed by atoms with E-state index in [2.05, 4.69) is 10.3 Å². The first-order valence-corrected chi connectivity index (χ1v) is 10.6. The summed E-state index contributed by atoms with van der Waals surface area (Å²) < 4.78 is 6.90. The number of nitrogens with one attached hydrogen (secondary N) is 1. The molecule has 0 unspecified atom stereocenters. The summed E-state index contributed by atoms with van der Waals surface area (Å²) in [5.41, 5.74) is 0.169. The first kappa shape index (κ1) is 19.3. The molecule has 4 rings (SSSR count). The normalized spacial score (nSPS) is 11.1. The number of hydrogen-bond donors (Lipinski definition) is 2. The van der Waals surface area contributed by atoms with Crippen LogP contribution in [0.4, 0.5) is 5.69 Å². The van der Waals surface area contributed by atoms with Crippen molar-refractivity contribution in [1.29, 1.82) is 0 Å². The lowest BCUT2D eigenvalue weighted by molar-refractivity contribution is -0.113. The number of furan rings is 1. The first-order valence-electron chi connectivity index (χ1n) is 8.75. The molecule has 2 N–H and O–H groups in total. The van der Waals surface area contributed by atoms with Crippen LogP contribution >= 0.6 is 23.1 Å². The molecule has 1 aromatic carbocycles. The van der Waals surface area contributed by atoms with E-state index in [1.165, 1.54) is 22.0 Å². The van der Waals surface area contributed by atoms with Crippen LogP contribution in [0.2, 0.25) is 0 Å². The molecule has 0 aliphatic carbocycles. The fourth-order valence-electron chi connectivity index (χ4n) is 2.82. The molecule has 148 valence electrons. The summed E-state index contributed by atoms with van der Waals surface area (Å²) in [7, 11) is 0. The number of rotatable bonds is 6. The van der Waals surface area contributed by atoms with Gasteiger partial charge in [-0.25, -0.2) is 4.98 Å². The highest BCUT2D eigenvalue weighted by Gasteiger charge is 2.16. The van der Waals surface area contributed by atoms with Crippen LogP contribution in [0.5, 0.6) is 5.75 Å². The SMILES string of the molecule is Cc1cc2c(=O)n(Cc3ccco3)c(SCC(=O)Nc3ccccc3O)nc2s1. The number of aromatic nitrogens is 2. The van der Waals surface area contributed by atoms with Crippen molar-refractivity contribution in [1.82, 2.24) is 9.55 Å². The van der Waals surface area contributed by atoms with Gasteiger partial charge in [0.2, 0.25) is 5.91 Å². The average Bonchev–Trinajstić information content (AvgIpc) is 3.33. The average molecular weight is 428 g/mol. The predicted molar refractivity (Wildman–Crippen MR) is 114 cm³/mol. The molecule has 0 aliphatic heterocycles. The largest absolute Gasteiger partial charge is 0.506 e. The second kappa shape index (κ2) is 8.14. The number of anilines is 1. The highest BCUT2D eigenvalue weighted by molar-refractivity contribution is 7.99. The van der Waals surface area contributed by atoms with Gasteiger partial charge in [0.05, 0.1) is 29.6 Å². The van der Waals surface area contributed by atoms with E-state index in [0.29, 0.717) is 26.8 Å². The maximum atomic E-state index is 13.0. The van der Waals surface area contributed by atoms with E-state index >= 15 is 0 Å². The van der Waals surface area contributed by atoms with Gasteiger partial charge in [0.1, 0.15) is 16.3 Å². The van der Waals surface area contributed by atoms with Gasteiger partial charge in [-0.15, -0.1) is 11.3 Å². The lowest BCUT2D eigenvalue weighted by Crippen LogP contribution is -2.24. The Labute approximate surface area is 174 Å². The highest BCUT2D eigenvalue weighted by Crippen LogP contribution is 2.26. The van der Waals surface area contributed by atoms with Crippen molar-refractivity contribution in [3.05, 3.63) is 69.7 Å². The number of para-hydroxylation sites is 2. The molecule has 29 heavy (non-hydrogen) atoms. The topological polar surface area (TPSA) is 97.4 Å². The Kier molecular flexibility index (Phi) is 5.41. The van der Waals surface area contributed by atoms with Gasteiger partial charge < -0.3 is 14.8 Å². The van der Waals surface area contributed by atoms with Gasteiger partial charge in [0, 0.05) is 4.88 Å². The quantitative estimate of drug-likeness (QED) is 0.276. The van der Waals surface area contributed by atoms with Crippen molar-refractivity contribution in [2.75, 3.05) is 11.1 Å². The lowest BCUT2D eigenvalue weighted by Gasteiger charge is -2.11. The molecule has 7 nitrogen and oxygen atoms in total. The molecule has 0 bridgehead atoms. The van der Waals surface area contributed by atoms with Gasteiger partial charge in [0.15, 0.2) is 5.16 Å². The molecule has 4 aromatic rings. The number of aromatic hydroxyl groups is 1. The molecule has 0 fully saturated rings. The van der Waals surface area contributed by atoms with Crippen LogP contribution in [0.3, 0.4) is 0 Å². The Morgan fingerprint density at radius 3 is 2.90 bits per heavy atom. The maximum Gasteiger partial charge on any atom is 0.263 e. The predicted octanol–water partition coefficient (Wildman–Crippen LogP) is 3.84. The number of nitrogens with zero attached hydrogens (tertiary/aromatic N) is 2. The number of hydrogen-bond acceptors (Lipinski definition) is 7. The van der Waals surface area contributed by atoms with Crippen molar-refractivity contribution in [2.45, 2.75) is 18.6 Å². The van der Waals surface area contributed by atoms with E-state index in [1.54, 1.807) is 36.6 Å². The minimum absolute atomic E-state index is 0.00539. The van der Waals surface area contributed by atoms with Crippen LogP contribution < -0.4 is 10.9 Å². The smallest absolute Gasteiger partial charge is 0.263 e. The van der Waals surface area contributed by atoms with Gasteiger partial charge in [0.25, 0.3) is 5.56 Å². The summed E-state index contributed by atoms with van der Waals surface area (Å²) >= 11 is 2.60. The summed E-state index contributed by atoms with van der Waals surface area (Å²) in [6.07, 6.45) is 1.55. The zero-order chi connectivity index (χ0) is 20.4. The molecule has 9 heteroatoms. The number of thiophene rings is 1. The van der Waals surface area contributed by atoms with Crippen LogP contribution in [0, 0.1) is 6.92 Å². The molecule has 0 spiro atoms. The monoisotopic (exact) mass is 427 g/mol. The van der Waals surface area contributed by atoms with Gasteiger partial charge in [-0.1, -0.05) is 23.9 Å². The highest BCUT2D eigenvalue weighted by atomic mass is 32.2. The van der Waals surface area contributed by atoms with E-state index in [-0.39, 0.29) is 29.5 Å². The van der Waals surface area contributed by atoms with Crippen LogP contribution in [0.15, 0.2) is 63.1 Å². The third-order valence-electron chi connectivity index (χ3n) is 4.14. The summed E-state index contributed by atoms with van der Waals surface area (Å²) in [4.78, 5) is 31.6. The third kappa shape index (κ3) is 4.20. The van der Waals surface area contributed by atoms with Gasteiger partial charge in [-0.3, -0.25) is 14.2 Å². The van der Waals surface area contributed by atoms with Gasteiger partial charge in [-0.05, 0) is 37.3 Å². The zero-order valence-electron chi connectivity index (χ0n) is 15.4. The molecular weight excluding hydrogens is 410 g/mol. The van der Waals surface area contributed by atoms with E-state index in [4.69, 9.17) is 4.42 Å². The molecule has 3 aromatic heterocycles. The second-order valence-corrected chi connectivity index (χ2v) is 8.47. The van der Waals surface area contributed by atoms with Gasteiger partial charge in [-0.2, -0.15) is 0 Å². The first-order chi connectivity index (χ1) is 14.0. The van der Waals surface area contributed by atoms with Crippen molar-refractivity contribution in [3.8, 4) is 5.75 Å². The molecule has 0 aliphatic rings.